The molecule has 0 saturated carbocycles. The van der Waals surface area contributed by atoms with Crippen LogP contribution in [0, 0.1) is 0 Å². The smallest absolute Gasteiger partial charge is 0.237 e. The Labute approximate surface area is 92.5 Å². The second kappa shape index (κ2) is 3.77. The van der Waals surface area contributed by atoms with E-state index in [1.165, 1.54) is 0 Å². The van der Waals surface area contributed by atoms with Crippen LogP contribution < -0.4 is 14.4 Å². The Morgan fingerprint density at radius 2 is 2.25 bits per heavy atom. The van der Waals surface area contributed by atoms with Gasteiger partial charge in [-0.05, 0) is 19.1 Å². The third-order valence-corrected chi connectivity index (χ3v) is 2.34. The molecule has 0 saturated heterocycles. The lowest BCUT2D eigenvalue weighted by Crippen LogP contribution is -2.26. The number of rotatable bonds is 2. The molecule has 84 valence electrons. The van der Waals surface area contributed by atoms with Crippen LogP contribution >= 0.6 is 0 Å². The molecular formula is C11H11NO4. The topological polar surface area (TPSA) is 59.0 Å². The maximum Gasteiger partial charge on any atom is 0.237 e. The molecule has 0 aliphatic carbocycles. The van der Waals surface area contributed by atoms with E-state index in [1.807, 2.05) is 0 Å². The van der Waals surface area contributed by atoms with Crippen LogP contribution in [0.25, 0.3) is 0 Å². The SMILES string of the molecule is COc1ccc2c(c1)OC(C)=C(O)N2C=O. The highest BCUT2D eigenvalue weighted by Crippen LogP contribution is 2.38. The van der Waals surface area contributed by atoms with E-state index in [4.69, 9.17) is 9.47 Å². The van der Waals surface area contributed by atoms with Crippen molar-refractivity contribution in [2.45, 2.75) is 6.92 Å². The van der Waals surface area contributed by atoms with Gasteiger partial charge in [-0.15, -0.1) is 0 Å². The highest BCUT2D eigenvalue weighted by Gasteiger charge is 2.24. The van der Waals surface area contributed by atoms with Crippen molar-refractivity contribution >= 4 is 12.1 Å². The normalized spacial score (nSPS) is 14.2. The molecule has 0 atom stereocenters. The summed E-state index contributed by atoms with van der Waals surface area (Å²) in [6.07, 6.45) is 0.534. The van der Waals surface area contributed by atoms with Crippen molar-refractivity contribution in [1.82, 2.24) is 0 Å². The number of allylic oxidation sites excluding steroid dienone is 1. The largest absolute Gasteiger partial charge is 0.497 e. The fourth-order valence-corrected chi connectivity index (χ4v) is 1.50. The summed E-state index contributed by atoms with van der Waals surface area (Å²) in [7, 11) is 1.54. The first kappa shape index (κ1) is 10.4. The molecule has 5 nitrogen and oxygen atoms in total. The van der Waals surface area contributed by atoms with Crippen molar-refractivity contribution in [3.05, 3.63) is 29.8 Å². The second-order valence-electron chi connectivity index (χ2n) is 3.29. The predicted molar refractivity (Wildman–Crippen MR) is 57.5 cm³/mol. The minimum absolute atomic E-state index is 0.201. The maximum absolute atomic E-state index is 10.9. The molecule has 1 aromatic rings. The van der Waals surface area contributed by atoms with Gasteiger partial charge < -0.3 is 14.6 Å². The fraction of sp³-hybridized carbons (Fsp3) is 0.182. The Morgan fingerprint density at radius 3 is 2.88 bits per heavy atom. The van der Waals surface area contributed by atoms with Crippen molar-refractivity contribution in [1.29, 1.82) is 0 Å². The first-order chi connectivity index (χ1) is 7.67. The van der Waals surface area contributed by atoms with E-state index in [0.29, 0.717) is 23.6 Å². The number of amides is 1. The van der Waals surface area contributed by atoms with Gasteiger partial charge in [0.15, 0.2) is 11.5 Å². The maximum atomic E-state index is 10.9. The minimum atomic E-state index is -0.201. The van der Waals surface area contributed by atoms with E-state index in [9.17, 15) is 9.90 Å². The van der Waals surface area contributed by atoms with Gasteiger partial charge in [0.2, 0.25) is 12.3 Å². The Hall–Kier alpha value is -2.17. The number of ether oxygens (including phenoxy) is 2. The molecule has 5 heteroatoms. The number of methoxy groups -OCH3 is 1. The highest BCUT2D eigenvalue weighted by atomic mass is 16.5. The van der Waals surface area contributed by atoms with Gasteiger partial charge in [0.25, 0.3) is 0 Å². The summed E-state index contributed by atoms with van der Waals surface area (Å²) in [5.41, 5.74) is 0.485. The molecule has 0 aromatic heterocycles. The van der Waals surface area contributed by atoms with Crippen LogP contribution in [0.1, 0.15) is 6.92 Å². The molecule has 2 rings (SSSR count). The van der Waals surface area contributed by atoms with Gasteiger partial charge in [0.05, 0.1) is 12.8 Å². The van der Waals surface area contributed by atoms with Gasteiger partial charge in [-0.1, -0.05) is 0 Å². The zero-order valence-electron chi connectivity index (χ0n) is 8.93. The molecule has 1 aliphatic rings. The number of nitrogens with zero attached hydrogens (tertiary/aromatic N) is 1. The molecule has 1 N–H and O–H groups in total. The highest BCUT2D eigenvalue weighted by molar-refractivity contribution is 5.84. The number of aliphatic hydroxyl groups excluding tert-OH is 1. The van der Waals surface area contributed by atoms with Gasteiger partial charge in [-0.25, -0.2) is 4.90 Å². The van der Waals surface area contributed by atoms with Crippen LogP contribution in [-0.2, 0) is 4.79 Å². The van der Waals surface area contributed by atoms with Gasteiger partial charge in [-0.2, -0.15) is 0 Å². The molecule has 1 amide bonds. The Balaban J connectivity index is 2.52. The first-order valence-corrected chi connectivity index (χ1v) is 4.67. The van der Waals surface area contributed by atoms with Crippen LogP contribution in [-0.4, -0.2) is 18.6 Å². The summed E-state index contributed by atoms with van der Waals surface area (Å²) in [6.45, 7) is 1.58. The monoisotopic (exact) mass is 221 g/mol. The first-order valence-electron chi connectivity index (χ1n) is 4.67. The summed E-state index contributed by atoms with van der Waals surface area (Å²) in [5.74, 6) is 1.17. The van der Waals surface area contributed by atoms with Crippen molar-refractivity contribution in [2.24, 2.45) is 0 Å². The Kier molecular flexibility index (Phi) is 2.44. The van der Waals surface area contributed by atoms with Crippen molar-refractivity contribution in [2.75, 3.05) is 12.0 Å². The van der Waals surface area contributed by atoms with E-state index < -0.39 is 0 Å². The van der Waals surface area contributed by atoms with E-state index in [-0.39, 0.29) is 11.6 Å². The third-order valence-electron chi connectivity index (χ3n) is 2.34. The number of anilines is 1. The summed E-state index contributed by atoms with van der Waals surface area (Å²) in [5, 5.41) is 9.63. The van der Waals surface area contributed by atoms with Crippen molar-refractivity contribution in [3.63, 3.8) is 0 Å². The summed E-state index contributed by atoms with van der Waals surface area (Å²) in [6, 6.07) is 4.99. The van der Waals surface area contributed by atoms with Crippen molar-refractivity contribution < 1.29 is 19.4 Å². The number of benzene rings is 1. The van der Waals surface area contributed by atoms with Gasteiger partial charge in [-0.3, -0.25) is 4.79 Å². The molecule has 1 aromatic carbocycles. The molecule has 1 aliphatic heterocycles. The van der Waals surface area contributed by atoms with Crippen LogP contribution in [0.3, 0.4) is 0 Å². The summed E-state index contributed by atoms with van der Waals surface area (Å²) in [4.78, 5) is 12.0. The fourth-order valence-electron chi connectivity index (χ4n) is 1.50. The number of hydrogen-bond donors (Lipinski definition) is 1. The molecule has 0 unspecified atom stereocenters. The number of carbonyl (C=O) groups excluding carboxylic acids is 1. The lowest BCUT2D eigenvalue weighted by atomic mass is 10.2. The Morgan fingerprint density at radius 1 is 1.50 bits per heavy atom. The van der Waals surface area contributed by atoms with Gasteiger partial charge in [0, 0.05) is 6.07 Å². The number of carbonyl (C=O) groups is 1. The molecule has 0 fully saturated rings. The number of fused-ring (bicyclic) bond motifs is 1. The third kappa shape index (κ3) is 1.46. The average molecular weight is 221 g/mol. The van der Waals surface area contributed by atoms with E-state index >= 15 is 0 Å². The second-order valence-corrected chi connectivity index (χ2v) is 3.29. The molecule has 1 heterocycles. The molecule has 0 spiro atoms. The van der Waals surface area contributed by atoms with E-state index in [0.717, 1.165) is 4.90 Å². The van der Waals surface area contributed by atoms with Crippen LogP contribution in [0.4, 0.5) is 5.69 Å². The predicted octanol–water partition coefficient (Wildman–Crippen LogP) is 1.80. The zero-order valence-corrected chi connectivity index (χ0v) is 8.93. The number of aliphatic hydroxyl groups is 1. The van der Waals surface area contributed by atoms with E-state index in [1.54, 1.807) is 32.2 Å². The molecule has 0 radical (unpaired) electrons. The average Bonchev–Trinajstić information content (AvgIpc) is 2.30. The van der Waals surface area contributed by atoms with E-state index in [2.05, 4.69) is 0 Å². The summed E-state index contributed by atoms with van der Waals surface area (Å²) < 4.78 is 10.4. The number of hydrogen-bond acceptors (Lipinski definition) is 4. The quantitative estimate of drug-likeness (QED) is 0.773. The zero-order chi connectivity index (χ0) is 11.7. The van der Waals surface area contributed by atoms with Crippen molar-refractivity contribution in [3.8, 4) is 11.5 Å². The molecule has 0 bridgehead atoms. The lowest BCUT2D eigenvalue weighted by molar-refractivity contribution is -0.107. The Bertz CT molecular complexity index is 467. The standard InChI is InChI=1S/C11H11NO4/c1-7-11(14)12(6-13)9-4-3-8(15-2)5-10(9)16-7/h3-6,14H,1-2H3. The molecular weight excluding hydrogens is 210 g/mol. The lowest BCUT2D eigenvalue weighted by Gasteiger charge is -2.26. The van der Waals surface area contributed by atoms with Gasteiger partial charge >= 0.3 is 0 Å². The summed E-state index contributed by atoms with van der Waals surface area (Å²) >= 11 is 0. The van der Waals surface area contributed by atoms with Crippen LogP contribution in [0.2, 0.25) is 0 Å². The molecule has 16 heavy (non-hydrogen) atoms. The minimum Gasteiger partial charge on any atom is -0.497 e. The van der Waals surface area contributed by atoms with Crippen LogP contribution in [0.15, 0.2) is 29.8 Å². The van der Waals surface area contributed by atoms with Gasteiger partial charge in [0.1, 0.15) is 5.75 Å². The van der Waals surface area contributed by atoms with Crippen LogP contribution in [0.5, 0.6) is 11.5 Å².